The van der Waals surface area contributed by atoms with Gasteiger partial charge in [0.2, 0.25) is 0 Å². The predicted molar refractivity (Wildman–Crippen MR) is 128 cm³/mol. The van der Waals surface area contributed by atoms with Gasteiger partial charge in [0.05, 0.1) is 5.69 Å². The molecule has 0 fully saturated rings. The minimum atomic E-state index is -0.679. The lowest BCUT2D eigenvalue weighted by Gasteiger charge is -2.27. The summed E-state index contributed by atoms with van der Waals surface area (Å²) in [6.07, 6.45) is 3.49. The van der Waals surface area contributed by atoms with E-state index in [1.165, 1.54) is 6.07 Å². The molecule has 0 spiro atoms. The Morgan fingerprint density at radius 1 is 1.11 bits per heavy atom. The number of para-hydroxylation sites is 1. The first-order valence-electron chi connectivity index (χ1n) is 11.1. The van der Waals surface area contributed by atoms with Crippen molar-refractivity contribution in [1.29, 1.82) is 5.26 Å². The molecule has 1 N–H and O–H groups in total. The van der Waals surface area contributed by atoms with Gasteiger partial charge in [-0.2, -0.15) is 10.4 Å². The largest absolute Gasteiger partial charge is 0.396 e. The molecule has 0 saturated carbocycles. The molecule has 0 unspecified atom stereocenters. The van der Waals surface area contributed by atoms with Crippen molar-refractivity contribution in [3.05, 3.63) is 88.4 Å². The topological polar surface area (TPSA) is 99.2 Å². The van der Waals surface area contributed by atoms with E-state index in [9.17, 15) is 24.3 Å². The zero-order valence-corrected chi connectivity index (χ0v) is 19.3. The fourth-order valence-corrected chi connectivity index (χ4v) is 3.89. The molecule has 0 bridgehead atoms. The van der Waals surface area contributed by atoms with Crippen LogP contribution in [-0.2, 0) is 9.59 Å². The van der Waals surface area contributed by atoms with E-state index in [1.807, 2.05) is 36.4 Å². The molecule has 2 amide bonds. The molecule has 0 atom stereocenters. The van der Waals surface area contributed by atoms with E-state index in [-0.39, 0.29) is 42.1 Å². The molecule has 3 aromatic rings. The minimum absolute atomic E-state index is 0.0106. The average Bonchev–Trinajstić information content (AvgIpc) is 3.28. The maximum atomic E-state index is 14.4. The monoisotopic (exact) mass is 470 g/mol. The first-order valence-corrected chi connectivity index (χ1v) is 11.1. The third-order valence-corrected chi connectivity index (χ3v) is 5.87. The second kappa shape index (κ2) is 9.87. The molecule has 7 nitrogen and oxygen atoms in total. The molecule has 4 rings (SSSR count). The molecule has 2 aromatic carbocycles. The van der Waals surface area contributed by atoms with Crippen molar-refractivity contribution in [1.82, 2.24) is 14.7 Å². The zero-order valence-electron chi connectivity index (χ0n) is 19.3. The number of carbonyl (C=O) groups is 2. The standard InChI is InChI=1S/C27H23FN4O3/c1-17-9-10-19(14-24(17)28)25-20(16-32(30-25)21-7-4-3-5-8-21)13-22-18(2)23(15-29)27(35)31(26(22)34)11-6-12-33/h3-5,7-10,13-14,16,33H,6,11-12H2,1-2H3. The Kier molecular flexibility index (Phi) is 6.71. The van der Waals surface area contributed by atoms with Gasteiger partial charge in [-0.25, -0.2) is 9.07 Å². The molecule has 1 aliphatic rings. The summed E-state index contributed by atoms with van der Waals surface area (Å²) in [6.45, 7) is 3.01. The number of aliphatic hydroxyl groups excluding tert-OH is 1. The number of aromatic nitrogens is 2. The molecule has 8 heteroatoms. The smallest absolute Gasteiger partial charge is 0.271 e. The Bertz CT molecular complexity index is 1410. The second-order valence-electron chi connectivity index (χ2n) is 8.19. The number of halogens is 1. The number of aryl methyl sites for hydroxylation is 1. The Labute approximate surface area is 202 Å². The number of carbonyl (C=O) groups excluding carboxylic acids is 2. The van der Waals surface area contributed by atoms with E-state index >= 15 is 0 Å². The van der Waals surface area contributed by atoms with Crippen LogP contribution in [0.4, 0.5) is 4.39 Å². The molecular formula is C27H23FN4O3. The van der Waals surface area contributed by atoms with E-state index < -0.39 is 11.8 Å². The number of imide groups is 1. The van der Waals surface area contributed by atoms with Gasteiger partial charge in [0.25, 0.3) is 11.8 Å². The quantitative estimate of drug-likeness (QED) is 0.434. The van der Waals surface area contributed by atoms with Crippen molar-refractivity contribution >= 4 is 17.9 Å². The Morgan fingerprint density at radius 2 is 1.86 bits per heavy atom. The molecule has 35 heavy (non-hydrogen) atoms. The van der Waals surface area contributed by atoms with E-state index in [0.717, 1.165) is 10.6 Å². The average molecular weight is 471 g/mol. The summed E-state index contributed by atoms with van der Waals surface area (Å²) in [5.41, 5.74) is 3.05. The summed E-state index contributed by atoms with van der Waals surface area (Å²) in [7, 11) is 0. The Morgan fingerprint density at radius 3 is 2.51 bits per heavy atom. The van der Waals surface area contributed by atoms with Gasteiger partial charge in [0.1, 0.15) is 23.2 Å². The lowest BCUT2D eigenvalue weighted by molar-refractivity contribution is -0.140. The van der Waals surface area contributed by atoms with Crippen molar-refractivity contribution in [3.63, 3.8) is 0 Å². The van der Waals surface area contributed by atoms with Gasteiger partial charge in [0, 0.05) is 36.0 Å². The second-order valence-corrected chi connectivity index (χ2v) is 8.19. The fraction of sp³-hybridized carbons (Fsp3) is 0.185. The number of benzene rings is 2. The number of amides is 2. The summed E-state index contributed by atoms with van der Waals surface area (Å²) in [5, 5.41) is 23.4. The highest BCUT2D eigenvalue weighted by molar-refractivity contribution is 6.19. The van der Waals surface area contributed by atoms with Crippen LogP contribution in [0.25, 0.3) is 23.0 Å². The molecule has 176 valence electrons. The van der Waals surface area contributed by atoms with Gasteiger partial charge in [-0.1, -0.05) is 30.3 Å². The van der Waals surface area contributed by atoms with E-state index in [4.69, 9.17) is 0 Å². The fourth-order valence-electron chi connectivity index (χ4n) is 3.89. The normalized spacial score (nSPS) is 15.2. The summed E-state index contributed by atoms with van der Waals surface area (Å²) in [4.78, 5) is 26.9. The van der Waals surface area contributed by atoms with Crippen molar-refractivity contribution < 1.29 is 19.1 Å². The van der Waals surface area contributed by atoms with Gasteiger partial charge in [-0.15, -0.1) is 0 Å². The highest BCUT2D eigenvalue weighted by Gasteiger charge is 2.35. The van der Waals surface area contributed by atoms with Crippen LogP contribution < -0.4 is 0 Å². The lowest BCUT2D eigenvalue weighted by atomic mass is 9.93. The summed E-state index contributed by atoms with van der Waals surface area (Å²) in [5.74, 6) is -1.62. The van der Waals surface area contributed by atoms with Gasteiger partial charge in [-0.05, 0) is 55.7 Å². The highest BCUT2D eigenvalue weighted by Crippen LogP contribution is 2.31. The third-order valence-electron chi connectivity index (χ3n) is 5.87. The minimum Gasteiger partial charge on any atom is -0.396 e. The van der Waals surface area contributed by atoms with Crippen LogP contribution in [0.1, 0.15) is 24.5 Å². The van der Waals surface area contributed by atoms with E-state index in [2.05, 4.69) is 5.10 Å². The van der Waals surface area contributed by atoms with Crippen LogP contribution in [0.15, 0.2) is 71.4 Å². The van der Waals surface area contributed by atoms with Crippen molar-refractivity contribution in [2.75, 3.05) is 13.2 Å². The van der Waals surface area contributed by atoms with Gasteiger partial charge < -0.3 is 5.11 Å². The number of aliphatic hydroxyl groups is 1. The number of rotatable bonds is 6. The van der Waals surface area contributed by atoms with E-state index in [1.54, 1.807) is 42.9 Å². The molecule has 0 saturated heterocycles. The van der Waals surface area contributed by atoms with Crippen LogP contribution in [0.3, 0.4) is 0 Å². The summed E-state index contributed by atoms with van der Waals surface area (Å²) in [6, 6.07) is 16.0. The first kappa shape index (κ1) is 23.8. The molecule has 0 aliphatic carbocycles. The van der Waals surface area contributed by atoms with Crippen molar-refractivity contribution in [2.24, 2.45) is 0 Å². The number of hydrogen-bond donors (Lipinski definition) is 1. The zero-order chi connectivity index (χ0) is 25.1. The first-order chi connectivity index (χ1) is 16.8. The Balaban J connectivity index is 1.91. The van der Waals surface area contributed by atoms with Crippen LogP contribution in [0.2, 0.25) is 0 Å². The lowest BCUT2D eigenvalue weighted by Crippen LogP contribution is -2.43. The van der Waals surface area contributed by atoms with Crippen LogP contribution in [-0.4, -0.2) is 44.8 Å². The number of nitriles is 1. The third kappa shape index (κ3) is 4.54. The molecule has 0 radical (unpaired) electrons. The van der Waals surface area contributed by atoms with Crippen molar-refractivity contribution in [2.45, 2.75) is 20.3 Å². The number of nitrogens with zero attached hydrogens (tertiary/aromatic N) is 4. The summed E-state index contributed by atoms with van der Waals surface area (Å²) < 4.78 is 16.0. The van der Waals surface area contributed by atoms with Crippen molar-refractivity contribution in [3.8, 4) is 23.0 Å². The van der Waals surface area contributed by atoms with Gasteiger partial charge in [-0.3, -0.25) is 14.5 Å². The molecule has 2 heterocycles. The maximum Gasteiger partial charge on any atom is 0.271 e. The SMILES string of the molecule is CC1=C(C#N)C(=O)N(CCCO)C(=O)C1=Cc1cn(-c2ccccc2)nc1-c1ccc(C)c(F)c1. The van der Waals surface area contributed by atoms with Crippen LogP contribution in [0, 0.1) is 24.1 Å². The van der Waals surface area contributed by atoms with Crippen LogP contribution in [0.5, 0.6) is 0 Å². The summed E-state index contributed by atoms with van der Waals surface area (Å²) >= 11 is 0. The van der Waals surface area contributed by atoms with E-state index in [0.29, 0.717) is 22.4 Å². The predicted octanol–water partition coefficient (Wildman–Crippen LogP) is 3.96. The van der Waals surface area contributed by atoms with Gasteiger partial charge >= 0.3 is 0 Å². The maximum absolute atomic E-state index is 14.4. The molecule has 1 aromatic heterocycles. The number of hydrogen-bond acceptors (Lipinski definition) is 5. The molecule has 1 aliphatic heterocycles. The highest BCUT2D eigenvalue weighted by atomic mass is 19.1. The van der Waals surface area contributed by atoms with Gasteiger partial charge in [0.15, 0.2) is 0 Å². The van der Waals surface area contributed by atoms with Crippen LogP contribution >= 0.6 is 0 Å². The Hall–Kier alpha value is -4.35. The molecular weight excluding hydrogens is 447 g/mol.